The van der Waals surface area contributed by atoms with Crippen LogP contribution in [0.1, 0.15) is 43.3 Å². The molecule has 8 heteroatoms. The van der Waals surface area contributed by atoms with Crippen LogP contribution in [0, 0.1) is 0 Å². The van der Waals surface area contributed by atoms with Gasteiger partial charge in [-0.05, 0) is 39.0 Å². The number of aromatic nitrogens is 3. The number of aliphatic hydroxyl groups is 1. The van der Waals surface area contributed by atoms with Crippen LogP contribution in [-0.2, 0) is 0 Å². The van der Waals surface area contributed by atoms with Crippen LogP contribution >= 0.6 is 0 Å². The summed E-state index contributed by atoms with van der Waals surface area (Å²) in [5, 5.41) is 10.6. The largest absolute Gasteiger partial charge is 0.451 e. The van der Waals surface area contributed by atoms with E-state index in [4.69, 9.17) is 4.42 Å². The molecule has 1 aliphatic heterocycles. The normalized spacial score (nSPS) is 21.1. The summed E-state index contributed by atoms with van der Waals surface area (Å²) in [5.41, 5.74) is 0.657. The molecule has 0 spiro atoms. The molecule has 1 N–H and O–H groups in total. The summed E-state index contributed by atoms with van der Waals surface area (Å²) in [6, 6.07) is 5.43. The number of hydrogen-bond acceptors (Lipinski definition) is 7. The lowest BCUT2D eigenvalue weighted by atomic mass is 10.1. The van der Waals surface area contributed by atoms with Crippen molar-refractivity contribution in [2.45, 2.75) is 39.0 Å². The molecule has 3 aromatic rings. The third kappa shape index (κ3) is 3.31. The molecule has 3 atom stereocenters. The topological polar surface area (TPSA) is 95.6 Å². The van der Waals surface area contributed by atoms with Gasteiger partial charge in [0.05, 0.1) is 0 Å². The number of rotatable bonds is 3. The fraction of sp³-hybridized carbons (Fsp3) is 0.400. The van der Waals surface area contributed by atoms with Gasteiger partial charge in [0.25, 0.3) is 5.91 Å². The van der Waals surface area contributed by atoms with Gasteiger partial charge in [0.2, 0.25) is 0 Å². The third-order valence-corrected chi connectivity index (χ3v) is 5.03. The van der Waals surface area contributed by atoms with E-state index in [2.05, 4.69) is 33.7 Å². The van der Waals surface area contributed by atoms with E-state index >= 15 is 0 Å². The lowest BCUT2D eigenvalue weighted by Crippen LogP contribution is -2.58. The fourth-order valence-corrected chi connectivity index (χ4v) is 3.79. The second-order valence-corrected chi connectivity index (χ2v) is 7.29. The minimum absolute atomic E-state index is 0.0514. The molecule has 0 aromatic carbocycles. The van der Waals surface area contributed by atoms with Crippen molar-refractivity contribution < 1.29 is 14.3 Å². The molecule has 1 fully saturated rings. The molecule has 146 valence electrons. The number of hydrogen-bond donors (Lipinski definition) is 1. The van der Waals surface area contributed by atoms with Crippen molar-refractivity contribution >= 4 is 22.7 Å². The number of fused-ring (bicyclic) bond motifs is 1. The van der Waals surface area contributed by atoms with Crippen LogP contribution in [-0.4, -0.2) is 56.0 Å². The van der Waals surface area contributed by atoms with E-state index in [0.717, 1.165) is 11.2 Å². The monoisotopic (exact) mass is 381 g/mol. The Morgan fingerprint density at radius 3 is 2.68 bits per heavy atom. The Morgan fingerprint density at radius 1 is 1.25 bits per heavy atom. The second-order valence-electron chi connectivity index (χ2n) is 7.29. The number of aliphatic hydroxyl groups excluding tert-OH is 1. The number of carbonyl (C=O) groups excluding carboxylic acids is 1. The van der Waals surface area contributed by atoms with Gasteiger partial charge in [0.1, 0.15) is 17.5 Å². The number of piperazine rings is 1. The van der Waals surface area contributed by atoms with Gasteiger partial charge < -0.3 is 19.3 Å². The van der Waals surface area contributed by atoms with E-state index < -0.39 is 6.10 Å². The predicted molar refractivity (Wildman–Crippen MR) is 104 cm³/mol. The third-order valence-electron chi connectivity index (χ3n) is 5.03. The lowest BCUT2D eigenvalue weighted by molar-refractivity contribution is 0.0670. The summed E-state index contributed by atoms with van der Waals surface area (Å²) >= 11 is 0. The number of carbonyl (C=O) groups is 1. The minimum Gasteiger partial charge on any atom is -0.451 e. The summed E-state index contributed by atoms with van der Waals surface area (Å²) in [5.74, 6) is 1.36. The van der Waals surface area contributed by atoms with E-state index in [-0.39, 0.29) is 18.0 Å². The first-order chi connectivity index (χ1) is 13.4. The van der Waals surface area contributed by atoms with Gasteiger partial charge >= 0.3 is 0 Å². The number of pyridine rings is 1. The van der Waals surface area contributed by atoms with Gasteiger partial charge in [-0.25, -0.2) is 9.97 Å². The Morgan fingerprint density at radius 2 is 2.00 bits per heavy atom. The molecule has 1 saturated heterocycles. The van der Waals surface area contributed by atoms with Crippen molar-refractivity contribution in [1.82, 2.24) is 19.9 Å². The SMILES string of the molecule is C[C@@H]1CN(C(=O)c2cc3cnccc3o2)C[C@H](C)N1c1ccnc([C@@H](C)O)n1. The molecular weight excluding hydrogens is 358 g/mol. The van der Waals surface area contributed by atoms with E-state index in [1.54, 1.807) is 37.6 Å². The van der Waals surface area contributed by atoms with E-state index in [0.29, 0.717) is 30.3 Å². The van der Waals surface area contributed by atoms with Crippen LogP contribution in [0.5, 0.6) is 0 Å². The van der Waals surface area contributed by atoms with Crippen molar-refractivity contribution in [3.63, 3.8) is 0 Å². The molecule has 0 saturated carbocycles. The van der Waals surface area contributed by atoms with E-state index in [9.17, 15) is 9.90 Å². The molecular formula is C20H23N5O3. The molecule has 3 aromatic heterocycles. The van der Waals surface area contributed by atoms with Crippen LogP contribution in [0.3, 0.4) is 0 Å². The van der Waals surface area contributed by atoms with Gasteiger partial charge in [-0.15, -0.1) is 0 Å². The van der Waals surface area contributed by atoms with Crippen molar-refractivity contribution in [2.24, 2.45) is 0 Å². The summed E-state index contributed by atoms with van der Waals surface area (Å²) in [7, 11) is 0. The highest BCUT2D eigenvalue weighted by molar-refractivity contribution is 5.96. The maximum Gasteiger partial charge on any atom is 0.289 e. The molecule has 4 heterocycles. The quantitative estimate of drug-likeness (QED) is 0.744. The van der Waals surface area contributed by atoms with E-state index in [1.807, 2.05) is 11.0 Å². The highest BCUT2D eigenvalue weighted by atomic mass is 16.3. The molecule has 0 aliphatic carbocycles. The zero-order valence-electron chi connectivity index (χ0n) is 16.1. The Kier molecular flexibility index (Phi) is 4.72. The van der Waals surface area contributed by atoms with Crippen molar-refractivity contribution in [2.75, 3.05) is 18.0 Å². The number of amides is 1. The van der Waals surface area contributed by atoms with Crippen molar-refractivity contribution in [1.29, 1.82) is 0 Å². The van der Waals surface area contributed by atoms with Gasteiger partial charge in [-0.1, -0.05) is 0 Å². The van der Waals surface area contributed by atoms with Crippen LogP contribution in [0.25, 0.3) is 11.0 Å². The maximum atomic E-state index is 13.0. The molecule has 8 nitrogen and oxygen atoms in total. The van der Waals surface area contributed by atoms with Crippen LogP contribution < -0.4 is 4.90 Å². The van der Waals surface area contributed by atoms with Crippen LogP contribution in [0.4, 0.5) is 5.82 Å². The minimum atomic E-state index is -0.726. The zero-order valence-corrected chi connectivity index (χ0v) is 16.1. The smallest absolute Gasteiger partial charge is 0.289 e. The summed E-state index contributed by atoms with van der Waals surface area (Å²) < 4.78 is 5.71. The molecule has 28 heavy (non-hydrogen) atoms. The number of anilines is 1. The highest BCUT2D eigenvalue weighted by Gasteiger charge is 2.34. The fourth-order valence-electron chi connectivity index (χ4n) is 3.79. The Bertz CT molecular complexity index is 957. The van der Waals surface area contributed by atoms with Crippen LogP contribution in [0.2, 0.25) is 0 Å². The first-order valence-corrected chi connectivity index (χ1v) is 9.36. The Hall–Kier alpha value is -3.00. The molecule has 0 unspecified atom stereocenters. The summed E-state index contributed by atoms with van der Waals surface area (Å²) in [6.07, 6.45) is 4.26. The standard InChI is InChI=1S/C20H23N5O3/c1-12-10-24(20(27)17-8-15-9-21-6-4-16(15)28-17)11-13(2)25(12)18-5-7-22-19(23-18)14(3)26/h4-9,12-14,26H,10-11H2,1-3H3/t12-,13+,14-/m1/s1. The molecule has 0 bridgehead atoms. The summed E-state index contributed by atoms with van der Waals surface area (Å²) in [6.45, 7) is 6.86. The average Bonchev–Trinajstić information content (AvgIpc) is 3.11. The first kappa shape index (κ1) is 18.4. The highest BCUT2D eigenvalue weighted by Crippen LogP contribution is 2.26. The van der Waals surface area contributed by atoms with Gasteiger partial charge in [-0.2, -0.15) is 0 Å². The molecule has 0 radical (unpaired) electrons. The van der Waals surface area contributed by atoms with Crippen LogP contribution in [0.15, 0.2) is 41.2 Å². The average molecular weight is 381 g/mol. The number of nitrogens with zero attached hydrogens (tertiary/aromatic N) is 5. The zero-order chi connectivity index (χ0) is 19.8. The van der Waals surface area contributed by atoms with Crippen molar-refractivity contribution in [3.05, 3.63) is 48.4 Å². The lowest BCUT2D eigenvalue weighted by Gasteiger charge is -2.45. The van der Waals surface area contributed by atoms with Gasteiger partial charge in [0.15, 0.2) is 11.6 Å². The summed E-state index contributed by atoms with van der Waals surface area (Å²) in [4.78, 5) is 29.6. The molecule has 1 amide bonds. The molecule has 4 rings (SSSR count). The van der Waals surface area contributed by atoms with Crippen molar-refractivity contribution in [3.8, 4) is 0 Å². The second kappa shape index (κ2) is 7.20. The Balaban J connectivity index is 1.54. The first-order valence-electron chi connectivity index (χ1n) is 9.36. The maximum absolute atomic E-state index is 13.0. The molecule has 1 aliphatic rings. The predicted octanol–water partition coefficient (Wildman–Crippen LogP) is 2.41. The Labute approximate surface area is 162 Å². The van der Waals surface area contributed by atoms with E-state index in [1.165, 1.54) is 0 Å². The van der Waals surface area contributed by atoms with Gasteiger partial charge in [-0.3, -0.25) is 9.78 Å². The number of furan rings is 1. The van der Waals surface area contributed by atoms with Gasteiger partial charge in [0, 0.05) is 49.1 Å².